The van der Waals surface area contributed by atoms with Gasteiger partial charge in [-0.15, -0.1) is 0 Å². The third-order valence-corrected chi connectivity index (χ3v) is 4.48. The largest absolute Gasteiger partial charge is 0.481 e. The number of ether oxygens (including phenoxy) is 1. The number of rotatable bonds is 2. The second kappa shape index (κ2) is 4.64. The molecule has 1 saturated heterocycles. The van der Waals surface area contributed by atoms with Crippen molar-refractivity contribution in [1.82, 2.24) is 5.32 Å². The van der Waals surface area contributed by atoms with Crippen LogP contribution in [0.1, 0.15) is 18.0 Å². The van der Waals surface area contributed by atoms with Gasteiger partial charge in [-0.05, 0) is 24.1 Å². The van der Waals surface area contributed by atoms with Crippen LogP contribution in [0.2, 0.25) is 0 Å². The first-order valence-electron chi connectivity index (χ1n) is 6.18. The van der Waals surface area contributed by atoms with Gasteiger partial charge in [0.2, 0.25) is 5.94 Å². The molecule has 0 aromatic heterocycles. The maximum atomic E-state index is 11.5. The topological polar surface area (TPSA) is 105 Å². The van der Waals surface area contributed by atoms with E-state index in [1.54, 1.807) is 12.1 Å². The molecule has 0 amide bonds. The molecule has 0 aliphatic carbocycles. The first-order valence-corrected chi connectivity index (χ1v) is 7.83. The second-order valence-electron chi connectivity index (χ2n) is 4.97. The molecule has 2 atom stereocenters. The molecular formula is C12H14N2O5S. The SMILES string of the molecule is O=C(O)C1CNC(c2ccc3c(c2)NS(=O)(=O)CO3)C1. The molecule has 2 aliphatic rings. The van der Waals surface area contributed by atoms with Gasteiger partial charge >= 0.3 is 5.97 Å². The highest BCUT2D eigenvalue weighted by atomic mass is 32.2. The Morgan fingerprint density at radius 1 is 1.40 bits per heavy atom. The zero-order valence-electron chi connectivity index (χ0n) is 10.5. The summed E-state index contributed by atoms with van der Waals surface area (Å²) < 4.78 is 30.5. The number of benzene rings is 1. The lowest BCUT2D eigenvalue weighted by Crippen LogP contribution is -2.25. The molecule has 0 bridgehead atoms. The number of anilines is 1. The molecule has 2 aliphatic heterocycles. The van der Waals surface area contributed by atoms with E-state index in [1.807, 2.05) is 6.07 Å². The predicted octanol–water partition coefficient (Wildman–Crippen LogP) is 0.513. The Balaban J connectivity index is 1.84. The molecule has 2 heterocycles. The molecule has 2 unspecified atom stereocenters. The van der Waals surface area contributed by atoms with Crippen molar-refractivity contribution in [3.8, 4) is 5.75 Å². The molecule has 7 nitrogen and oxygen atoms in total. The van der Waals surface area contributed by atoms with Crippen molar-refractivity contribution in [1.29, 1.82) is 0 Å². The highest BCUT2D eigenvalue weighted by Crippen LogP contribution is 2.35. The number of hydrogen-bond acceptors (Lipinski definition) is 5. The number of nitrogens with one attached hydrogen (secondary N) is 2. The van der Waals surface area contributed by atoms with Gasteiger partial charge in [-0.25, -0.2) is 8.42 Å². The number of carboxylic acid groups (broad SMARTS) is 1. The lowest BCUT2D eigenvalue weighted by molar-refractivity contribution is -0.141. The summed E-state index contributed by atoms with van der Waals surface area (Å²) in [6.07, 6.45) is 0.488. The van der Waals surface area contributed by atoms with E-state index in [0.29, 0.717) is 24.4 Å². The highest BCUT2D eigenvalue weighted by molar-refractivity contribution is 7.92. The van der Waals surface area contributed by atoms with Crippen molar-refractivity contribution < 1.29 is 23.1 Å². The molecule has 1 aromatic rings. The number of carbonyl (C=O) groups is 1. The van der Waals surface area contributed by atoms with Crippen LogP contribution in [0.5, 0.6) is 5.75 Å². The van der Waals surface area contributed by atoms with Crippen LogP contribution < -0.4 is 14.8 Å². The number of sulfonamides is 1. The van der Waals surface area contributed by atoms with Crippen molar-refractivity contribution in [2.45, 2.75) is 12.5 Å². The zero-order chi connectivity index (χ0) is 14.3. The minimum Gasteiger partial charge on any atom is -0.481 e. The van der Waals surface area contributed by atoms with Crippen molar-refractivity contribution in [3.63, 3.8) is 0 Å². The summed E-state index contributed by atoms with van der Waals surface area (Å²) in [5.74, 6) is -1.13. The molecule has 8 heteroatoms. The lowest BCUT2D eigenvalue weighted by atomic mass is 9.99. The Kier molecular flexibility index (Phi) is 3.06. The highest BCUT2D eigenvalue weighted by Gasteiger charge is 2.31. The standard InChI is InChI=1S/C12H14N2O5S/c15-12(16)8-4-9(13-5-8)7-1-2-11-10(3-7)14-20(17,18)6-19-11/h1-3,8-9,13-14H,4-6H2,(H,15,16). The lowest BCUT2D eigenvalue weighted by Gasteiger charge is -2.21. The summed E-state index contributed by atoms with van der Waals surface area (Å²) in [5, 5.41) is 12.1. The van der Waals surface area contributed by atoms with Gasteiger partial charge < -0.3 is 15.2 Å². The van der Waals surface area contributed by atoms with Crippen molar-refractivity contribution in [2.75, 3.05) is 17.2 Å². The first kappa shape index (κ1) is 13.2. The summed E-state index contributed by atoms with van der Waals surface area (Å²) in [6, 6.07) is 5.11. The van der Waals surface area contributed by atoms with Crippen LogP contribution in [0, 0.1) is 5.92 Å². The van der Waals surface area contributed by atoms with Crippen molar-refractivity contribution >= 4 is 21.7 Å². The summed E-state index contributed by atoms with van der Waals surface area (Å²) in [7, 11) is -3.45. The number of hydrogen-bond donors (Lipinski definition) is 3. The van der Waals surface area contributed by atoms with Crippen molar-refractivity contribution in [2.24, 2.45) is 5.92 Å². The Morgan fingerprint density at radius 3 is 2.90 bits per heavy atom. The fourth-order valence-corrected chi connectivity index (χ4v) is 3.32. The Labute approximate surface area is 116 Å². The summed E-state index contributed by atoms with van der Waals surface area (Å²) >= 11 is 0. The zero-order valence-corrected chi connectivity index (χ0v) is 11.3. The van der Waals surface area contributed by atoms with E-state index >= 15 is 0 Å². The maximum Gasteiger partial charge on any atom is 0.307 e. The third-order valence-electron chi connectivity index (χ3n) is 3.52. The third kappa shape index (κ3) is 2.44. The first-order chi connectivity index (χ1) is 9.44. The van der Waals surface area contributed by atoms with Crippen LogP contribution in [0.4, 0.5) is 5.69 Å². The van der Waals surface area contributed by atoms with Crippen LogP contribution >= 0.6 is 0 Å². The van der Waals surface area contributed by atoms with E-state index in [1.165, 1.54) is 0 Å². The summed E-state index contributed by atoms with van der Waals surface area (Å²) in [6.45, 7) is 0.416. The van der Waals surface area contributed by atoms with Gasteiger partial charge in [0.05, 0.1) is 11.6 Å². The molecule has 1 fully saturated rings. The van der Waals surface area contributed by atoms with Crippen LogP contribution in [0.15, 0.2) is 18.2 Å². The van der Waals surface area contributed by atoms with Crippen LogP contribution in [-0.2, 0) is 14.8 Å². The maximum absolute atomic E-state index is 11.5. The average Bonchev–Trinajstić information content (AvgIpc) is 2.86. The van der Waals surface area contributed by atoms with Gasteiger partial charge in [0, 0.05) is 12.6 Å². The minimum atomic E-state index is -3.45. The summed E-state index contributed by atoms with van der Waals surface area (Å²) in [5.41, 5.74) is 1.25. The Hall–Kier alpha value is -1.80. The number of aliphatic carboxylic acids is 1. The average molecular weight is 298 g/mol. The fraction of sp³-hybridized carbons (Fsp3) is 0.417. The monoisotopic (exact) mass is 298 g/mol. The minimum absolute atomic E-state index is 0.0900. The Bertz CT molecular complexity index is 658. The van der Waals surface area contributed by atoms with Gasteiger partial charge in [0.1, 0.15) is 5.75 Å². The molecule has 0 radical (unpaired) electrons. The van der Waals surface area contributed by atoms with E-state index in [0.717, 1.165) is 5.56 Å². The molecule has 3 N–H and O–H groups in total. The predicted molar refractivity (Wildman–Crippen MR) is 71.0 cm³/mol. The molecule has 108 valence electrons. The fourth-order valence-electron chi connectivity index (χ4n) is 2.49. The van der Waals surface area contributed by atoms with E-state index in [9.17, 15) is 13.2 Å². The quantitative estimate of drug-likeness (QED) is 0.735. The molecule has 3 rings (SSSR count). The van der Waals surface area contributed by atoms with Gasteiger partial charge in [0.25, 0.3) is 10.0 Å². The number of fused-ring (bicyclic) bond motifs is 1. The van der Waals surface area contributed by atoms with E-state index in [2.05, 4.69) is 10.0 Å². The van der Waals surface area contributed by atoms with Gasteiger partial charge in [-0.3, -0.25) is 9.52 Å². The van der Waals surface area contributed by atoms with E-state index in [-0.39, 0.29) is 12.0 Å². The molecule has 1 aromatic carbocycles. The van der Waals surface area contributed by atoms with Gasteiger partial charge in [-0.2, -0.15) is 0 Å². The summed E-state index contributed by atoms with van der Waals surface area (Å²) in [4.78, 5) is 10.9. The van der Waals surface area contributed by atoms with Crippen LogP contribution in [0.3, 0.4) is 0 Å². The molecule has 0 spiro atoms. The molecule has 0 saturated carbocycles. The van der Waals surface area contributed by atoms with Crippen LogP contribution in [0.25, 0.3) is 0 Å². The normalized spacial score (nSPS) is 27.2. The van der Waals surface area contributed by atoms with E-state index < -0.39 is 21.9 Å². The molecule has 20 heavy (non-hydrogen) atoms. The van der Waals surface area contributed by atoms with E-state index in [4.69, 9.17) is 9.84 Å². The van der Waals surface area contributed by atoms with Gasteiger partial charge in [0.15, 0.2) is 0 Å². The van der Waals surface area contributed by atoms with Crippen molar-refractivity contribution in [3.05, 3.63) is 23.8 Å². The second-order valence-corrected chi connectivity index (χ2v) is 6.64. The number of carboxylic acids is 1. The molecular weight excluding hydrogens is 284 g/mol. The van der Waals surface area contributed by atoms with Gasteiger partial charge in [-0.1, -0.05) is 6.07 Å². The Morgan fingerprint density at radius 2 is 2.20 bits per heavy atom. The smallest absolute Gasteiger partial charge is 0.307 e. The van der Waals surface area contributed by atoms with Crippen LogP contribution in [-0.4, -0.2) is 32.0 Å².